The second kappa shape index (κ2) is 6.18. The van der Waals surface area contributed by atoms with E-state index in [1.807, 2.05) is 18.2 Å². The molecule has 2 N–H and O–H groups in total. The number of aromatic amines is 1. The van der Waals surface area contributed by atoms with E-state index in [9.17, 15) is 13.2 Å². The minimum atomic E-state index is -4.36. The molecule has 4 nitrogen and oxygen atoms in total. The van der Waals surface area contributed by atoms with Crippen LogP contribution in [0.25, 0.3) is 22.2 Å². The topological polar surface area (TPSA) is 53.6 Å². The maximum Gasteiger partial charge on any atom is 0.416 e. The lowest BCUT2D eigenvalue weighted by Gasteiger charge is -2.11. The molecule has 0 amide bonds. The number of H-pyrrole nitrogens is 1. The van der Waals surface area contributed by atoms with E-state index in [4.69, 9.17) is 0 Å². The molecule has 0 aliphatic rings. The van der Waals surface area contributed by atoms with Gasteiger partial charge in [-0.25, -0.2) is 0 Å². The standard InChI is InChI=1S/C19H13F3N4/c20-19(21,22)13-2-1-3-15(10-13)24-14-6-4-12(5-7-14)18-16-11-23-9-8-17(16)25-26-18/h1-11,24H,(H,25,26). The van der Waals surface area contributed by atoms with Gasteiger partial charge in [0.1, 0.15) is 5.69 Å². The number of benzene rings is 2. The molecular weight excluding hydrogens is 341 g/mol. The zero-order valence-corrected chi connectivity index (χ0v) is 13.4. The molecule has 0 atom stereocenters. The SMILES string of the molecule is FC(F)(F)c1cccc(Nc2ccc(-c3n[nH]c4ccncc34)cc2)c1. The van der Waals surface area contributed by atoms with Crippen molar-refractivity contribution in [3.63, 3.8) is 0 Å². The van der Waals surface area contributed by atoms with Crippen LogP contribution in [0.5, 0.6) is 0 Å². The number of halogens is 3. The molecule has 4 rings (SSSR count). The summed E-state index contributed by atoms with van der Waals surface area (Å²) >= 11 is 0. The van der Waals surface area contributed by atoms with Crippen molar-refractivity contribution in [2.45, 2.75) is 6.18 Å². The molecule has 0 fully saturated rings. The van der Waals surface area contributed by atoms with Gasteiger partial charge in [0.2, 0.25) is 0 Å². The minimum Gasteiger partial charge on any atom is -0.356 e. The normalized spacial score (nSPS) is 11.7. The van der Waals surface area contributed by atoms with Gasteiger partial charge in [0.15, 0.2) is 0 Å². The number of pyridine rings is 1. The molecule has 2 heterocycles. The van der Waals surface area contributed by atoms with E-state index in [1.165, 1.54) is 6.07 Å². The van der Waals surface area contributed by atoms with Crippen LogP contribution in [0, 0.1) is 0 Å². The van der Waals surface area contributed by atoms with Crippen LogP contribution in [0.3, 0.4) is 0 Å². The van der Waals surface area contributed by atoms with Crippen LogP contribution in [-0.2, 0) is 6.18 Å². The van der Waals surface area contributed by atoms with Crippen molar-refractivity contribution in [3.8, 4) is 11.3 Å². The van der Waals surface area contributed by atoms with E-state index < -0.39 is 11.7 Å². The minimum absolute atomic E-state index is 0.377. The van der Waals surface area contributed by atoms with Crippen LogP contribution in [-0.4, -0.2) is 15.2 Å². The van der Waals surface area contributed by atoms with Gasteiger partial charge < -0.3 is 5.32 Å². The number of hydrogen-bond acceptors (Lipinski definition) is 3. The Morgan fingerprint density at radius 2 is 1.73 bits per heavy atom. The first kappa shape index (κ1) is 16.1. The Balaban J connectivity index is 1.59. The summed E-state index contributed by atoms with van der Waals surface area (Å²) < 4.78 is 38.4. The fourth-order valence-electron chi connectivity index (χ4n) is 2.73. The summed E-state index contributed by atoms with van der Waals surface area (Å²) in [4.78, 5) is 4.11. The van der Waals surface area contributed by atoms with E-state index in [-0.39, 0.29) is 0 Å². The molecule has 26 heavy (non-hydrogen) atoms. The Labute approximate surface area is 146 Å². The molecular formula is C19H13F3N4. The smallest absolute Gasteiger partial charge is 0.356 e. The Kier molecular flexibility index (Phi) is 3.84. The summed E-state index contributed by atoms with van der Waals surface area (Å²) in [5.41, 5.74) is 2.93. The highest BCUT2D eigenvalue weighted by molar-refractivity contribution is 5.92. The van der Waals surface area contributed by atoms with E-state index >= 15 is 0 Å². The maximum absolute atomic E-state index is 12.8. The second-order valence-corrected chi connectivity index (χ2v) is 5.77. The van der Waals surface area contributed by atoms with Crippen LogP contribution < -0.4 is 5.32 Å². The van der Waals surface area contributed by atoms with Gasteiger partial charge in [-0.05, 0) is 36.4 Å². The van der Waals surface area contributed by atoms with Crippen molar-refractivity contribution in [1.82, 2.24) is 15.2 Å². The van der Waals surface area contributed by atoms with Crippen LogP contribution >= 0.6 is 0 Å². The van der Waals surface area contributed by atoms with Gasteiger partial charge in [-0.2, -0.15) is 18.3 Å². The summed E-state index contributed by atoms with van der Waals surface area (Å²) in [5, 5.41) is 11.2. The summed E-state index contributed by atoms with van der Waals surface area (Å²) in [5.74, 6) is 0. The number of fused-ring (bicyclic) bond motifs is 1. The zero-order chi connectivity index (χ0) is 18.1. The molecule has 0 saturated heterocycles. The quantitative estimate of drug-likeness (QED) is 0.519. The average Bonchev–Trinajstić information content (AvgIpc) is 3.06. The van der Waals surface area contributed by atoms with Gasteiger partial charge in [0, 0.05) is 34.7 Å². The predicted octanol–water partition coefficient (Wildman–Crippen LogP) is 5.39. The van der Waals surface area contributed by atoms with Crippen molar-refractivity contribution >= 4 is 22.3 Å². The molecule has 7 heteroatoms. The van der Waals surface area contributed by atoms with Gasteiger partial charge >= 0.3 is 6.18 Å². The fraction of sp³-hybridized carbons (Fsp3) is 0.0526. The van der Waals surface area contributed by atoms with Gasteiger partial charge in [-0.15, -0.1) is 0 Å². The third-order valence-corrected chi connectivity index (χ3v) is 4.00. The average molecular weight is 354 g/mol. The van der Waals surface area contributed by atoms with Gasteiger partial charge in [0.05, 0.1) is 11.1 Å². The lowest BCUT2D eigenvalue weighted by atomic mass is 10.1. The van der Waals surface area contributed by atoms with Crippen molar-refractivity contribution < 1.29 is 13.2 Å². The number of alkyl halides is 3. The summed E-state index contributed by atoms with van der Waals surface area (Å²) in [7, 11) is 0. The summed E-state index contributed by atoms with van der Waals surface area (Å²) in [6.45, 7) is 0. The van der Waals surface area contributed by atoms with E-state index in [1.54, 1.807) is 30.6 Å². The molecule has 0 saturated carbocycles. The number of rotatable bonds is 3. The lowest BCUT2D eigenvalue weighted by molar-refractivity contribution is -0.137. The van der Waals surface area contributed by atoms with Crippen LogP contribution in [0.1, 0.15) is 5.56 Å². The van der Waals surface area contributed by atoms with Gasteiger partial charge in [-0.3, -0.25) is 10.1 Å². The number of nitrogens with one attached hydrogen (secondary N) is 2. The zero-order valence-electron chi connectivity index (χ0n) is 13.4. The summed E-state index contributed by atoms with van der Waals surface area (Å²) in [6, 6.07) is 14.3. The molecule has 0 spiro atoms. The Morgan fingerprint density at radius 1 is 0.923 bits per heavy atom. The van der Waals surface area contributed by atoms with E-state index in [0.29, 0.717) is 11.4 Å². The van der Waals surface area contributed by atoms with Gasteiger partial charge in [0.25, 0.3) is 0 Å². The molecule has 2 aromatic carbocycles. The van der Waals surface area contributed by atoms with Crippen molar-refractivity contribution in [1.29, 1.82) is 0 Å². The fourth-order valence-corrected chi connectivity index (χ4v) is 2.73. The first-order valence-corrected chi connectivity index (χ1v) is 7.83. The number of anilines is 2. The monoisotopic (exact) mass is 354 g/mol. The van der Waals surface area contributed by atoms with Crippen molar-refractivity contribution in [3.05, 3.63) is 72.6 Å². The van der Waals surface area contributed by atoms with Crippen LogP contribution in [0.2, 0.25) is 0 Å². The molecule has 0 radical (unpaired) electrons. The Bertz CT molecular complexity index is 1050. The molecule has 0 bridgehead atoms. The van der Waals surface area contributed by atoms with Crippen molar-refractivity contribution in [2.75, 3.05) is 5.32 Å². The second-order valence-electron chi connectivity index (χ2n) is 5.77. The van der Waals surface area contributed by atoms with Crippen LogP contribution in [0.15, 0.2) is 67.0 Å². The largest absolute Gasteiger partial charge is 0.416 e. The number of hydrogen-bond donors (Lipinski definition) is 2. The molecule has 0 unspecified atom stereocenters. The maximum atomic E-state index is 12.8. The molecule has 2 aromatic heterocycles. The predicted molar refractivity (Wildman–Crippen MR) is 94.1 cm³/mol. The van der Waals surface area contributed by atoms with E-state index in [2.05, 4.69) is 20.5 Å². The first-order chi connectivity index (χ1) is 12.5. The van der Waals surface area contributed by atoms with Crippen molar-refractivity contribution in [2.24, 2.45) is 0 Å². The van der Waals surface area contributed by atoms with Gasteiger partial charge in [-0.1, -0.05) is 18.2 Å². The number of aromatic nitrogens is 3. The third kappa shape index (κ3) is 3.11. The first-order valence-electron chi connectivity index (χ1n) is 7.83. The highest BCUT2D eigenvalue weighted by atomic mass is 19.4. The third-order valence-electron chi connectivity index (χ3n) is 4.00. The number of nitrogens with zero attached hydrogens (tertiary/aromatic N) is 2. The molecule has 4 aromatic rings. The molecule has 130 valence electrons. The highest BCUT2D eigenvalue weighted by Gasteiger charge is 2.30. The Hall–Kier alpha value is -3.35. The highest BCUT2D eigenvalue weighted by Crippen LogP contribution is 2.32. The van der Waals surface area contributed by atoms with Crippen LogP contribution in [0.4, 0.5) is 24.5 Å². The molecule has 0 aliphatic carbocycles. The lowest BCUT2D eigenvalue weighted by Crippen LogP contribution is -2.05. The molecule has 0 aliphatic heterocycles. The summed E-state index contributed by atoms with van der Waals surface area (Å²) in [6.07, 6.45) is -0.939. The Morgan fingerprint density at radius 3 is 2.50 bits per heavy atom. The van der Waals surface area contributed by atoms with E-state index in [0.717, 1.165) is 34.3 Å².